The number of benzene rings is 1. The average molecular weight is 248 g/mol. The number of aromatic amines is 1. The molecule has 5 nitrogen and oxygen atoms in total. The predicted octanol–water partition coefficient (Wildman–Crippen LogP) is 2.21. The van der Waals surface area contributed by atoms with E-state index in [2.05, 4.69) is 15.5 Å². The van der Waals surface area contributed by atoms with Gasteiger partial charge in [-0.2, -0.15) is 5.10 Å². The molecule has 0 saturated heterocycles. The molecule has 0 atom stereocenters. The van der Waals surface area contributed by atoms with Crippen LogP contribution in [0.4, 0.5) is 14.9 Å². The van der Waals surface area contributed by atoms with Crippen LogP contribution in [0.3, 0.4) is 0 Å². The van der Waals surface area contributed by atoms with E-state index in [4.69, 9.17) is 0 Å². The molecule has 0 aliphatic rings. The summed E-state index contributed by atoms with van der Waals surface area (Å²) in [6, 6.07) is 5.67. The fourth-order valence-corrected chi connectivity index (χ4v) is 1.48. The molecule has 2 N–H and O–H groups in total. The van der Waals surface area contributed by atoms with Crippen LogP contribution in [0, 0.1) is 5.82 Å². The molecule has 94 valence electrons. The number of amides is 2. The molecule has 1 aromatic carbocycles. The zero-order valence-electron chi connectivity index (χ0n) is 9.85. The zero-order chi connectivity index (χ0) is 13.0. The molecule has 2 rings (SSSR count). The maximum absolute atomic E-state index is 13.3. The average Bonchev–Trinajstić information content (AvgIpc) is 2.84. The van der Waals surface area contributed by atoms with Gasteiger partial charge in [0.15, 0.2) is 0 Å². The molecular weight excluding hydrogens is 235 g/mol. The van der Waals surface area contributed by atoms with Gasteiger partial charge in [-0.3, -0.25) is 5.10 Å². The summed E-state index contributed by atoms with van der Waals surface area (Å²) in [6.07, 6.45) is 3.33. The molecule has 0 unspecified atom stereocenters. The molecule has 2 amide bonds. The number of nitrogens with zero attached hydrogens (tertiary/aromatic N) is 2. The highest BCUT2D eigenvalue weighted by atomic mass is 19.1. The van der Waals surface area contributed by atoms with E-state index < -0.39 is 5.82 Å². The Hall–Kier alpha value is -2.37. The number of carbonyl (C=O) groups excluding carboxylic acids is 1. The van der Waals surface area contributed by atoms with E-state index in [9.17, 15) is 9.18 Å². The Morgan fingerprint density at radius 2 is 2.28 bits per heavy atom. The molecule has 1 aromatic heterocycles. The van der Waals surface area contributed by atoms with Crippen molar-refractivity contribution in [2.24, 2.45) is 0 Å². The van der Waals surface area contributed by atoms with E-state index in [1.807, 2.05) is 0 Å². The van der Waals surface area contributed by atoms with E-state index >= 15 is 0 Å². The summed E-state index contributed by atoms with van der Waals surface area (Å²) in [5, 5.41) is 8.96. The Bertz CT molecular complexity index is 527. The van der Waals surface area contributed by atoms with E-state index in [-0.39, 0.29) is 11.7 Å². The van der Waals surface area contributed by atoms with E-state index in [1.165, 1.54) is 17.0 Å². The number of urea groups is 1. The first-order valence-electron chi connectivity index (χ1n) is 5.41. The first-order chi connectivity index (χ1) is 8.66. The molecule has 2 aromatic rings. The highest BCUT2D eigenvalue weighted by Crippen LogP contribution is 2.13. The zero-order valence-corrected chi connectivity index (χ0v) is 9.85. The van der Waals surface area contributed by atoms with Gasteiger partial charge in [0.05, 0.1) is 18.4 Å². The Morgan fingerprint density at radius 3 is 2.94 bits per heavy atom. The van der Waals surface area contributed by atoms with Crippen LogP contribution in [0.5, 0.6) is 0 Å². The van der Waals surface area contributed by atoms with Crippen LogP contribution >= 0.6 is 0 Å². The summed E-state index contributed by atoms with van der Waals surface area (Å²) in [5.41, 5.74) is 1.04. The lowest BCUT2D eigenvalue weighted by atomic mass is 10.3. The molecule has 0 spiro atoms. The van der Waals surface area contributed by atoms with Crippen LogP contribution in [0.25, 0.3) is 0 Å². The van der Waals surface area contributed by atoms with Crippen molar-refractivity contribution in [3.05, 3.63) is 48.0 Å². The number of carbonyl (C=O) groups is 1. The Morgan fingerprint density at radius 1 is 1.50 bits per heavy atom. The number of H-pyrrole nitrogens is 1. The fraction of sp³-hybridized carbons (Fsp3) is 0.167. The normalized spacial score (nSPS) is 10.1. The van der Waals surface area contributed by atoms with Gasteiger partial charge >= 0.3 is 6.03 Å². The minimum atomic E-state index is -0.456. The third-order valence-corrected chi connectivity index (χ3v) is 2.44. The van der Waals surface area contributed by atoms with Gasteiger partial charge in [0.2, 0.25) is 0 Å². The first kappa shape index (κ1) is 12.1. The van der Waals surface area contributed by atoms with Crippen LogP contribution in [-0.2, 0) is 6.54 Å². The number of para-hydroxylation sites is 1. The number of nitrogens with one attached hydrogen (secondary N) is 2. The Labute approximate surface area is 104 Å². The largest absolute Gasteiger partial charge is 0.323 e. The standard InChI is InChI=1S/C12H13FN4O/c1-17(8-9-6-14-15-7-9)12(18)16-11-5-3-2-4-10(11)13/h2-7H,8H2,1H3,(H,14,15)(H,16,18). The van der Waals surface area contributed by atoms with Crippen molar-refractivity contribution < 1.29 is 9.18 Å². The third-order valence-electron chi connectivity index (χ3n) is 2.44. The van der Waals surface area contributed by atoms with Gasteiger partial charge in [-0.05, 0) is 12.1 Å². The fourth-order valence-electron chi connectivity index (χ4n) is 1.48. The number of rotatable bonds is 3. The van der Waals surface area contributed by atoms with Gasteiger partial charge < -0.3 is 10.2 Å². The minimum absolute atomic E-state index is 0.168. The smallest absolute Gasteiger partial charge is 0.321 e. The quantitative estimate of drug-likeness (QED) is 0.874. The van der Waals surface area contributed by atoms with Crippen molar-refractivity contribution in [2.45, 2.75) is 6.54 Å². The molecular formula is C12H13FN4O. The van der Waals surface area contributed by atoms with Crippen LogP contribution < -0.4 is 5.32 Å². The molecule has 0 aliphatic heterocycles. The van der Waals surface area contributed by atoms with Crippen LogP contribution in [0.2, 0.25) is 0 Å². The van der Waals surface area contributed by atoms with Gasteiger partial charge in [0, 0.05) is 18.8 Å². The van der Waals surface area contributed by atoms with Crippen molar-refractivity contribution in [3.8, 4) is 0 Å². The summed E-state index contributed by atoms with van der Waals surface area (Å²) >= 11 is 0. The molecule has 0 fully saturated rings. The molecule has 0 bridgehead atoms. The maximum Gasteiger partial charge on any atom is 0.321 e. The van der Waals surface area contributed by atoms with Crippen molar-refractivity contribution in [1.82, 2.24) is 15.1 Å². The highest BCUT2D eigenvalue weighted by Gasteiger charge is 2.11. The molecule has 0 radical (unpaired) electrons. The van der Waals surface area contributed by atoms with E-state index in [1.54, 1.807) is 31.6 Å². The lowest BCUT2D eigenvalue weighted by molar-refractivity contribution is 0.220. The van der Waals surface area contributed by atoms with Gasteiger partial charge in [-0.15, -0.1) is 0 Å². The summed E-state index contributed by atoms with van der Waals surface area (Å²) in [7, 11) is 1.63. The molecule has 6 heteroatoms. The number of halogens is 1. The topological polar surface area (TPSA) is 61.0 Å². The van der Waals surface area contributed by atoms with Crippen molar-refractivity contribution in [3.63, 3.8) is 0 Å². The second-order valence-corrected chi connectivity index (χ2v) is 3.87. The minimum Gasteiger partial charge on any atom is -0.323 e. The summed E-state index contributed by atoms with van der Waals surface area (Å²) in [5.74, 6) is -0.456. The molecule has 18 heavy (non-hydrogen) atoms. The van der Waals surface area contributed by atoms with Gasteiger partial charge in [-0.1, -0.05) is 12.1 Å². The van der Waals surface area contributed by atoms with E-state index in [0.717, 1.165) is 5.56 Å². The molecule has 1 heterocycles. The highest BCUT2D eigenvalue weighted by molar-refractivity contribution is 5.89. The Kier molecular flexibility index (Phi) is 3.57. The number of hydrogen-bond acceptors (Lipinski definition) is 2. The third kappa shape index (κ3) is 2.85. The summed E-state index contributed by atoms with van der Waals surface area (Å²) in [4.78, 5) is 13.3. The lowest BCUT2D eigenvalue weighted by Gasteiger charge is -2.17. The van der Waals surface area contributed by atoms with E-state index in [0.29, 0.717) is 6.54 Å². The number of aromatic nitrogens is 2. The monoisotopic (exact) mass is 248 g/mol. The van der Waals surface area contributed by atoms with Crippen molar-refractivity contribution in [2.75, 3.05) is 12.4 Å². The number of hydrogen-bond donors (Lipinski definition) is 2. The lowest BCUT2D eigenvalue weighted by Crippen LogP contribution is -2.31. The second kappa shape index (κ2) is 5.31. The summed E-state index contributed by atoms with van der Waals surface area (Å²) < 4.78 is 13.3. The maximum atomic E-state index is 13.3. The molecule has 0 saturated carbocycles. The van der Waals surface area contributed by atoms with Crippen LogP contribution in [-0.4, -0.2) is 28.2 Å². The SMILES string of the molecule is CN(Cc1cn[nH]c1)C(=O)Nc1ccccc1F. The molecule has 0 aliphatic carbocycles. The second-order valence-electron chi connectivity index (χ2n) is 3.87. The first-order valence-corrected chi connectivity index (χ1v) is 5.41. The van der Waals surface area contributed by atoms with Crippen molar-refractivity contribution in [1.29, 1.82) is 0 Å². The van der Waals surface area contributed by atoms with Crippen molar-refractivity contribution >= 4 is 11.7 Å². The Balaban J connectivity index is 1.98. The van der Waals surface area contributed by atoms with Crippen LogP contribution in [0.1, 0.15) is 5.56 Å². The predicted molar refractivity (Wildman–Crippen MR) is 65.5 cm³/mol. The number of anilines is 1. The van der Waals surface area contributed by atoms with Gasteiger partial charge in [0.1, 0.15) is 5.82 Å². The van der Waals surface area contributed by atoms with Crippen LogP contribution in [0.15, 0.2) is 36.7 Å². The van der Waals surface area contributed by atoms with Gasteiger partial charge in [-0.25, -0.2) is 9.18 Å². The van der Waals surface area contributed by atoms with Gasteiger partial charge in [0.25, 0.3) is 0 Å². The summed E-state index contributed by atoms with van der Waals surface area (Å²) in [6.45, 7) is 0.400.